The molecule has 3 rings (SSSR count). The molecule has 1 unspecified atom stereocenters. The molecule has 6 heteroatoms. The van der Waals surface area contributed by atoms with Crippen molar-refractivity contribution in [1.82, 2.24) is 0 Å². The maximum absolute atomic E-state index is 13.7. The molecular weight excluding hydrogens is 454 g/mol. The molecule has 1 saturated carbocycles. The average molecular weight is 496 g/mol. The number of ether oxygens (including phenoxy) is 2. The van der Waals surface area contributed by atoms with E-state index in [-0.39, 0.29) is 29.4 Å². The highest BCUT2D eigenvalue weighted by molar-refractivity contribution is 6.06. The Morgan fingerprint density at radius 2 is 1.39 bits per heavy atom. The Bertz CT molecular complexity index is 1030. The molecule has 0 aromatic heterocycles. The lowest BCUT2D eigenvalue weighted by Gasteiger charge is -2.34. The molecule has 36 heavy (non-hydrogen) atoms. The second kappa shape index (κ2) is 11.0. The number of para-hydroxylation sites is 1. The SMILES string of the molecule is CN(C(=O)C1C=C(C2CCCCC2)C(C(=O)OC(C)(C)C)=C(C(=O)OC(C)(C)C)C1)c1ccccc1. The lowest BCUT2D eigenvalue weighted by atomic mass is 9.74. The summed E-state index contributed by atoms with van der Waals surface area (Å²) in [6, 6.07) is 9.43. The molecule has 6 nitrogen and oxygen atoms in total. The van der Waals surface area contributed by atoms with Crippen molar-refractivity contribution in [1.29, 1.82) is 0 Å². The van der Waals surface area contributed by atoms with Gasteiger partial charge in [-0.1, -0.05) is 43.5 Å². The number of hydrogen-bond acceptors (Lipinski definition) is 5. The normalized spacial score (nSPS) is 19.4. The lowest BCUT2D eigenvalue weighted by molar-refractivity contribution is -0.153. The summed E-state index contributed by atoms with van der Waals surface area (Å²) < 4.78 is 11.5. The fraction of sp³-hybridized carbons (Fsp3) is 0.567. The molecule has 0 saturated heterocycles. The summed E-state index contributed by atoms with van der Waals surface area (Å²) in [6.45, 7) is 10.8. The number of carbonyl (C=O) groups excluding carboxylic acids is 3. The summed E-state index contributed by atoms with van der Waals surface area (Å²) in [5.74, 6) is -1.71. The molecule has 0 spiro atoms. The van der Waals surface area contributed by atoms with E-state index >= 15 is 0 Å². The molecule has 196 valence electrons. The van der Waals surface area contributed by atoms with Crippen LogP contribution in [0.1, 0.15) is 80.1 Å². The van der Waals surface area contributed by atoms with Crippen molar-refractivity contribution < 1.29 is 23.9 Å². The van der Waals surface area contributed by atoms with Crippen molar-refractivity contribution in [3.63, 3.8) is 0 Å². The molecule has 0 bridgehead atoms. The molecule has 0 radical (unpaired) electrons. The molecule has 1 aromatic rings. The predicted octanol–water partition coefficient (Wildman–Crippen LogP) is 6.16. The maximum atomic E-state index is 13.7. The molecule has 0 aliphatic heterocycles. The number of carbonyl (C=O) groups is 3. The van der Waals surface area contributed by atoms with Gasteiger partial charge in [-0.15, -0.1) is 0 Å². The van der Waals surface area contributed by atoms with Crippen LogP contribution >= 0.6 is 0 Å². The van der Waals surface area contributed by atoms with Crippen LogP contribution in [0.3, 0.4) is 0 Å². The van der Waals surface area contributed by atoms with E-state index in [1.165, 1.54) is 0 Å². The molecule has 0 heterocycles. The van der Waals surface area contributed by atoms with E-state index in [0.29, 0.717) is 0 Å². The third-order valence-electron chi connectivity index (χ3n) is 6.48. The smallest absolute Gasteiger partial charge is 0.339 e. The second-order valence-corrected chi connectivity index (χ2v) is 11.9. The highest BCUT2D eigenvalue weighted by atomic mass is 16.6. The average Bonchev–Trinajstić information content (AvgIpc) is 2.81. The summed E-state index contributed by atoms with van der Waals surface area (Å²) in [5.41, 5.74) is 0.600. The number of hydrogen-bond donors (Lipinski definition) is 0. The first-order valence-corrected chi connectivity index (χ1v) is 13.0. The standard InChI is InChI=1S/C30H41NO5/c1-29(2,3)35-27(33)24-19-21(26(32)31(7)22-16-12-9-13-17-22)18-23(20-14-10-8-11-15-20)25(24)28(34)36-30(4,5)6/h9,12-13,16-18,20-21H,8,10-11,14-15,19H2,1-7H3. The first-order valence-electron chi connectivity index (χ1n) is 13.0. The van der Waals surface area contributed by atoms with Gasteiger partial charge in [-0.2, -0.15) is 0 Å². The van der Waals surface area contributed by atoms with Gasteiger partial charge in [-0.3, -0.25) is 4.79 Å². The number of benzene rings is 1. The van der Waals surface area contributed by atoms with Crippen LogP contribution in [0.5, 0.6) is 0 Å². The Kier molecular flexibility index (Phi) is 8.48. The van der Waals surface area contributed by atoms with E-state index in [4.69, 9.17) is 9.47 Å². The summed E-state index contributed by atoms with van der Waals surface area (Å²) in [7, 11) is 1.74. The quantitative estimate of drug-likeness (QED) is 0.458. The third-order valence-corrected chi connectivity index (χ3v) is 6.48. The van der Waals surface area contributed by atoms with Crippen LogP contribution in [0.15, 0.2) is 53.1 Å². The summed E-state index contributed by atoms with van der Waals surface area (Å²) >= 11 is 0. The van der Waals surface area contributed by atoms with E-state index in [2.05, 4.69) is 0 Å². The van der Waals surface area contributed by atoms with Crippen LogP contribution in [0.25, 0.3) is 0 Å². The maximum Gasteiger partial charge on any atom is 0.339 e. The van der Waals surface area contributed by atoms with Crippen LogP contribution in [0, 0.1) is 11.8 Å². The molecule has 0 N–H and O–H groups in total. The Balaban J connectivity index is 2.10. The Morgan fingerprint density at radius 3 is 1.94 bits per heavy atom. The molecule has 2 aliphatic carbocycles. The summed E-state index contributed by atoms with van der Waals surface area (Å²) in [6.07, 6.45) is 7.08. The Labute approximate surface area is 215 Å². The van der Waals surface area contributed by atoms with Crippen molar-refractivity contribution in [2.24, 2.45) is 11.8 Å². The van der Waals surface area contributed by atoms with Crippen LogP contribution in [0.4, 0.5) is 5.69 Å². The minimum absolute atomic E-state index is 0.0930. The van der Waals surface area contributed by atoms with Crippen molar-refractivity contribution >= 4 is 23.5 Å². The zero-order chi connectivity index (χ0) is 26.7. The zero-order valence-electron chi connectivity index (χ0n) is 22.8. The van der Waals surface area contributed by atoms with Gasteiger partial charge in [0.05, 0.1) is 17.1 Å². The van der Waals surface area contributed by atoms with Gasteiger partial charge in [0.25, 0.3) is 0 Å². The van der Waals surface area contributed by atoms with Crippen LogP contribution < -0.4 is 4.90 Å². The van der Waals surface area contributed by atoms with Gasteiger partial charge >= 0.3 is 11.9 Å². The third kappa shape index (κ3) is 7.08. The molecule has 1 atom stereocenters. The van der Waals surface area contributed by atoms with E-state index in [1.54, 1.807) is 32.7 Å². The minimum Gasteiger partial charge on any atom is -0.457 e. The Hall–Kier alpha value is -2.89. The van der Waals surface area contributed by atoms with Gasteiger partial charge in [-0.25, -0.2) is 9.59 Å². The molecular formula is C30H41NO5. The molecule has 1 fully saturated rings. The molecule has 1 amide bonds. The lowest BCUT2D eigenvalue weighted by Crippen LogP contribution is -2.37. The van der Waals surface area contributed by atoms with Gasteiger partial charge in [0.2, 0.25) is 5.91 Å². The fourth-order valence-electron chi connectivity index (χ4n) is 4.89. The monoisotopic (exact) mass is 495 g/mol. The largest absolute Gasteiger partial charge is 0.457 e. The molecule has 2 aliphatic rings. The highest BCUT2D eigenvalue weighted by Crippen LogP contribution is 2.41. The van der Waals surface area contributed by atoms with Crippen molar-refractivity contribution in [2.45, 2.75) is 91.3 Å². The van der Waals surface area contributed by atoms with E-state index in [9.17, 15) is 14.4 Å². The molecule has 1 aromatic carbocycles. The minimum atomic E-state index is -0.740. The highest BCUT2D eigenvalue weighted by Gasteiger charge is 2.40. The predicted molar refractivity (Wildman–Crippen MR) is 141 cm³/mol. The number of amides is 1. The van der Waals surface area contributed by atoms with Gasteiger partial charge in [0, 0.05) is 12.7 Å². The number of rotatable bonds is 5. The first kappa shape index (κ1) is 27.7. The summed E-state index contributed by atoms with van der Waals surface area (Å²) in [4.78, 5) is 42.3. The second-order valence-electron chi connectivity index (χ2n) is 11.9. The van der Waals surface area contributed by atoms with Crippen molar-refractivity contribution in [3.8, 4) is 0 Å². The van der Waals surface area contributed by atoms with Gasteiger partial charge < -0.3 is 14.4 Å². The van der Waals surface area contributed by atoms with Crippen LogP contribution in [-0.4, -0.2) is 36.1 Å². The van der Waals surface area contributed by atoms with Crippen molar-refractivity contribution in [3.05, 3.63) is 53.1 Å². The Morgan fingerprint density at radius 1 is 0.833 bits per heavy atom. The van der Waals surface area contributed by atoms with E-state index in [1.807, 2.05) is 57.2 Å². The van der Waals surface area contributed by atoms with Crippen LogP contribution in [-0.2, 0) is 23.9 Å². The van der Waals surface area contributed by atoms with Gasteiger partial charge in [-0.05, 0) is 84.4 Å². The number of nitrogens with zero attached hydrogens (tertiary/aromatic N) is 1. The van der Waals surface area contributed by atoms with E-state index < -0.39 is 29.1 Å². The zero-order valence-corrected chi connectivity index (χ0v) is 22.8. The van der Waals surface area contributed by atoms with E-state index in [0.717, 1.165) is 43.4 Å². The van der Waals surface area contributed by atoms with Crippen LogP contribution in [0.2, 0.25) is 0 Å². The van der Waals surface area contributed by atoms with Crippen molar-refractivity contribution in [2.75, 3.05) is 11.9 Å². The first-order chi connectivity index (χ1) is 16.8. The summed E-state index contributed by atoms with van der Waals surface area (Å²) in [5, 5.41) is 0. The number of anilines is 1. The topological polar surface area (TPSA) is 72.9 Å². The number of esters is 2. The van der Waals surface area contributed by atoms with Gasteiger partial charge in [0.1, 0.15) is 11.2 Å². The fourth-order valence-corrected chi connectivity index (χ4v) is 4.89. The van der Waals surface area contributed by atoms with Gasteiger partial charge in [0.15, 0.2) is 0 Å².